The van der Waals surface area contributed by atoms with E-state index in [9.17, 15) is 0 Å². The Morgan fingerprint density at radius 3 is 2.60 bits per heavy atom. The Kier molecular flexibility index (Phi) is 1.93. The minimum atomic E-state index is 0.0147. The first-order chi connectivity index (χ1) is 7.17. The summed E-state index contributed by atoms with van der Waals surface area (Å²) in [5, 5.41) is 0. The Morgan fingerprint density at radius 1 is 1.20 bits per heavy atom. The van der Waals surface area contributed by atoms with E-state index in [1.165, 1.54) is 37.7 Å². The quantitative estimate of drug-likeness (QED) is 0.743. The van der Waals surface area contributed by atoms with Crippen LogP contribution in [0.4, 0.5) is 0 Å². The number of hydrogen-bond donors (Lipinski definition) is 1. The second kappa shape index (κ2) is 3.08. The van der Waals surface area contributed by atoms with Gasteiger partial charge in [0.15, 0.2) is 0 Å². The summed E-state index contributed by atoms with van der Waals surface area (Å²) < 4.78 is 0. The molecule has 0 aliphatic heterocycles. The number of rotatable bonds is 1. The highest BCUT2D eigenvalue weighted by Gasteiger charge is 2.35. The van der Waals surface area contributed by atoms with Gasteiger partial charge >= 0.3 is 0 Å². The lowest BCUT2D eigenvalue weighted by molar-refractivity contribution is 0.253. The minimum absolute atomic E-state index is 0.0147. The van der Waals surface area contributed by atoms with E-state index >= 15 is 0 Å². The summed E-state index contributed by atoms with van der Waals surface area (Å²) in [4.78, 5) is 0. The number of benzene rings is 1. The van der Waals surface area contributed by atoms with Gasteiger partial charge in [-0.1, -0.05) is 25.1 Å². The molecule has 0 bridgehead atoms. The van der Waals surface area contributed by atoms with Crippen LogP contribution in [0.25, 0.3) is 0 Å². The number of fused-ring (bicyclic) bond motifs is 1. The van der Waals surface area contributed by atoms with Gasteiger partial charge in [-0.05, 0) is 54.7 Å². The van der Waals surface area contributed by atoms with Gasteiger partial charge in [0, 0.05) is 5.54 Å². The van der Waals surface area contributed by atoms with E-state index in [1.54, 1.807) is 11.1 Å². The zero-order valence-corrected chi connectivity index (χ0v) is 9.42. The van der Waals surface area contributed by atoms with Crippen LogP contribution in [0.3, 0.4) is 0 Å². The fraction of sp³-hybridized carbons (Fsp3) is 0.571. The maximum absolute atomic E-state index is 6.35. The van der Waals surface area contributed by atoms with Gasteiger partial charge in [0.2, 0.25) is 0 Å². The molecular weight excluding hydrogens is 182 g/mol. The predicted octanol–water partition coefficient (Wildman–Crippen LogP) is 2.76. The van der Waals surface area contributed by atoms with Crippen molar-refractivity contribution in [3.8, 4) is 0 Å². The molecule has 15 heavy (non-hydrogen) atoms. The smallest absolute Gasteiger partial charge is 0.0409 e. The third-order valence-electron chi connectivity index (χ3n) is 4.16. The second-order valence-electron chi connectivity index (χ2n) is 5.51. The Morgan fingerprint density at radius 2 is 1.93 bits per heavy atom. The summed E-state index contributed by atoms with van der Waals surface area (Å²) in [7, 11) is 0. The summed E-state index contributed by atoms with van der Waals surface area (Å²) in [6, 6.07) is 6.94. The van der Waals surface area contributed by atoms with E-state index in [4.69, 9.17) is 5.73 Å². The van der Waals surface area contributed by atoms with Gasteiger partial charge in [0.25, 0.3) is 0 Å². The summed E-state index contributed by atoms with van der Waals surface area (Å²) in [5.74, 6) is 0.824. The molecule has 1 aromatic carbocycles. The molecule has 0 spiro atoms. The molecule has 2 aliphatic rings. The summed E-state index contributed by atoms with van der Waals surface area (Å²) in [6.07, 6.45) is 6.14. The third-order valence-corrected chi connectivity index (χ3v) is 4.16. The van der Waals surface area contributed by atoms with Crippen molar-refractivity contribution in [2.75, 3.05) is 0 Å². The van der Waals surface area contributed by atoms with Crippen LogP contribution in [0.5, 0.6) is 0 Å². The molecule has 0 radical (unpaired) electrons. The highest BCUT2D eigenvalue weighted by Crippen LogP contribution is 2.40. The SMILES string of the molecule is CC1Cc2ccc(C3(N)CCC3)cc2C1. The molecule has 0 saturated heterocycles. The molecule has 1 fully saturated rings. The average Bonchev–Trinajstić information content (AvgIpc) is 2.53. The van der Waals surface area contributed by atoms with Gasteiger partial charge in [-0.25, -0.2) is 0 Å². The van der Waals surface area contributed by atoms with Gasteiger partial charge in [-0.3, -0.25) is 0 Å². The highest BCUT2D eigenvalue weighted by atomic mass is 14.8. The number of hydrogen-bond acceptors (Lipinski definition) is 1. The largest absolute Gasteiger partial charge is 0.321 e. The second-order valence-corrected chi connectivity index (χ2v) is 5.51. The molecule has 2 aliphatic carbocycles. The Balaban J connectivity index is 1.96. The molecule has 80 valence electrons. The van der Waals surface area contributed by atoms with Crippen molar-refractivity contribution in [3.63, 3.8) is 0 Å². The van der Waals surface area contributed by atoms with Crippen molar-refractivity contribution >= 4 is 0 Å². The fourth-order valence-corrected chi connectivity index (χ4v) is 2.99. The van der Waals surface area contributed by atoms with Crippen molar-refractivity contribution in [2.24, 2.45) is 11.7 Å². The van der Waals surface area contributed by atoms with Crippen LogP contribution in [0.2, 0.25) is 0 Å². The van der Waals surface area contributed by atoms with Gasteiger partial charge in [-0.2, -0.15) is 0 Å². The van der Waals surface area contributed by atoms with Crippen LogP contribution in [0, 0.1) is 5.92 Å². The summed E-state index contributed by atoms with van der Waals surface area (Å²) >= 11 is 0. The third kappa shape index (κ3) is 1.41. The molecule has 0 aromatic heterocycles. The molecule has 1 heteroatoms. The first kappa shape index (κ1) is 9.41. The molecule has 1 nitrogen and oxygen atoms in total. The van der Waals surface area contributed by atoms with Gasteiger partial charge in [0.1, 0.15) is 0 Å². The van der Waals surface area contributed by atoms with E-state index in [0.29, 0.717) is 0 Å². The zero-order chi connectivity index (χ0) is 10.5. The monoisotopic (exact) mass is 201 g/mol. The molecule has 3 rings (SSSR count). The van der Waals surface area contributed by atoms with Crippen molar-refractivity contribution < 1.29 is 0 Å². The van der Waals surface area contributed by atoms with E-state index in [0.717, 1.165) is 5.92 Å². The van der Waals surface area contributed by atoms with Crippen LogP contribution in [-0.2, 0) is 18.4 Å². The maximum atomic E-state index is 6.35. The zero-order valence-electron chi connectivity index (χ0n) is 9.42. The lowest BCUT2D eigenvalue weighted by atomic mass is 9.72. The molecular formula is C14H19N. The molecule has 1 saturated carbocycles. The van der Waals surface area contributed by atoms with E-state index < -0.39 is 0 Å². The molecule has 1 aromatic rings. The van der Waals surface area contributed by atoms with Gasteiger partial charge < -0.3 is 5.73 Å². The van der Waals surface area contributed by atoms with Crippen LogP contribution in [0.15, 0.2) is 18.2 Å². The lowest BCUT2D eigenvalue weighted by Gasteiger charge is -2.38. The Labute approximate surface area is 91.7 Å². The van der Waals surface area contributed by atoms with E-state index in [2.05, 4.69) is 25.1 Å². The van der Waals surface area contributed by atoms with E-state index in [-0.39, 0.29) is 5.54 Å². The molecule has 2 N–H and O–H groups in total. The van der Waals surface area contributed by atoms with Crippen LogP contribution in [0.1, 0.15) is 42.9 Å². The van der Waals surface area contributed by atoms with Crippen molar-refractivity contribution in [1.82, 2.24) is 0 Å². The van der Waals surface area contributed by atoms with Crippen molar-refractivity contribution in [3.05, 3.63) is 34.9 Å². The first-order valence-corrected chi connectivity index (χ1v) is 6.08. The predicted molar refractivity (Wildman–Crippen MR) is 62.7 cm³/mol. The first-order valence-electron chi connectivity index (χ1n) is 6.08. The summed E-state index contributed by atoms with van der Waals surface area (Å²) in [5.41, 5.74) is 10.8. The van der Waals surface area contributed by atoms with Crippen LogP contribution in [-0.4, -0.2) is 0 Å². The van der Waals surface area contributed by atoms with Crippen molar-refractivity contribution in [2.45, 2.75) is 44.6 Å². The minimum Gasteiger partial charge on any atom is -0.321 e. The van der Waals surface area contributed by atoms with Gasteiger partial charge in [-0.15, -0.1) is 0 Å². The molecule has 1 atom stereocenters. The summed E-state index contributed by atoms with van der Waals surface area (Å²) in [6.45, 7) is 2.33. The van der Waals surface area contributed by atoms with Crippen LogP contribution < -0.4 is 5.73 Å². The fourth-order valence-electron chi connectivity index (χ4n) is 2.99. The molecule has 0 heterocycles. The van der Waals surface area contributed by atoms with Crippen LogP contribution >= 0.6 is 0 Å². The van der Waals surface area contributed by atoms with Gasteiger partial charge in [0.05, 0.1) is 0 Å². The Hall–Kier alpha value is -0.820. The normalized spacial score (nSPS) is 27.2. The average molecular weight is 201 g/mol. The van der Waals surface area contributed by atoms with Crippen molar-refractivity contribution in [1.29, 1.82) is 0 Å². The highest BCUT2D eigenvalue weighted by molar-refractivity contribution is 5.39. The topological polar surface area (TPSA) is 26.0 Å². The molecule has 0 amide bonds. The van der Waals surface area contributed by atoms with E-state index in [1.807, 2.05) is 0 Å². The Bertz CT molecular complexity index is 390. The standard InChI is InChI=1S/C14H19N/c1-10-7-11-3-4-13(9-12(11)8-10)14(15)5-2-6-14/h3-4,9-10H,2,5-8,15H2,1H3. The maximum Gasteiger partial charge on any atom is 0.0409 e. The lowest BCUT2D eigenvalue weighted by Crippen LogP contribution is -2.43. The molecule has 1 unspecified atom stereocenters. The number of nitrogens with two attached hydrogens (primary N) is 1.